The zero-order chi connectivity index (χ0) is 13.6. The van der Waals surface area contributed by atoms with Gasteiger partial charge in [0.1, 0.15) is 23.1 Å². The second-order valence-corrected chi connectivity index (χ2v) is 4.91. The Morgan fingerprint density at radius 2 is 1.84 bits per heavy atom. The van der Waals surface area contributed by atoms with Crippen molar-refractivity contribution in [3.05, 3.63) is 52.6 Å². The number of nitrogens with zero attached hydrogens (tertiary/aromatic N) is 2. The predicted octanol–water partition coefficient (Wildman–Crippen LogP) is 3.62. The molecule has 1 aromatic carbocycles. The Hall–Kier alpha value is -1.95. The van der Waals surface area contributed by atoms with Crippen LogP contribution in [0.5, 0.6) is 0 Å². The van der Waals surface area contributed by atoms with Crippen LogP contribution < -0.4 is 5.73 Å². The predicted molar refractivity (Wildman–Crippen MR) is 72.7 cm³/mol. The normalized spacial score (nSPS) is 11.1. The van der Waals surface area contributed by atoms with E-state index >= 15 is 0 Å². The molecular weight excluding hydrogens is 316 g/mol. The quantitative estimate of drug-likeness (QED) is 0.743. The maximum atomic E-state index is 13.3. The van der Waals surface area contributed by atoms with E-state index in [0.29, 0.717) is 22.7 Å². The molecule has 0 radical (unpaired) electrons. The van der Waals surface area contributed by atoms with Crippen LogP contribution in [0.2, 0.25) is 0 Å². The number of hydrogen-bond donors (Lipinski definition) is 1. The Morgan fingerprint density at radius 3 is 2.47 bits per heavy atom. The van der Waals surface area contributed by atoms with Crippen molar-refractivity contribution >= 4 is 27.4 Å². The summed E-state index contributed by atoms with van der Waals surface area (Å²) in [6.45, 7) is 0. The smallest absolute Gasteiger partial charge is 0.153 e. The third kappa shape index (κ3) is 1.98. The number of fused-ring (bicyclic) bond motifs is 1. The van der Waals surface area contributed by atoms with Crippen LogP contribution in [0.4, 0.5) is 14.6 Å². The monoisotopic (exact) mass is 323 g/mol. The molecule has 0 amide bonds. The highest BCUT2D eigenvalue weighted by Crippen LogP contribution is 2.30. The van der Waals surface area contributed by atoms with Crippen molar-refractivity contribution in [3.63, 3.8) is 0 Å². The van der Waals surface area contributed by atoms with Crippen LogP contribution >= 0.6 is 15.9 Å². The van der Waals surface area contributed by atoms with Gasteiger partial charge in [0.15, 0.2) is 5.65 Å². The summed E-state index contributed by atoms with van der Waals surface area (Å²) in [5, 5.41) is 0. The molecule has 0 bridgehead atoms. The number of imidazole rings is 1. The molecule has 2 heterocycles. The molecule has 96 valence electrons. The number of halogens is 3. The lowest BCUT2D eigenvalue weighted by Gasteiger charge is -2.00. The summed E-state index contributed by atoms with van der Waals surface area (Å²) in [5.41, 5.74) is 7.23. The first-order valence-electron chi connectivity index (χ1n) is 5.45. The van der Waals surface area contributed by atoms with Gasteiger partial charge in [0, 0.05) is 17.8 Å². The van der Waals surface area contributed by atoms with Crippen LogP contribution in [-0.2, 0) is 0 Å². The Kier molecular flexibility index (Phi) is 2.74. The third-order valence-electron chi connectivity index (χ3n) is 2.78. The maximum Gasteiger partial charge on any atom is 0.153 e. The highest BCUT2D eigenvalue weighted by Gasteiger charge is 2.14. The van der Waals surface area contributed by atoms with Gasteiger partial charge in [-0.2, -0.15) is 0 Å². The fraction of sp³-hybridized carbons (Fsp3) is 0. The number of aromatic nitrogens is 2. The number of pyridine rings is 1. The van der Waals surface area contributed by atoms with Crippen molar-refractivity contribution < 1.29 is 8.78 Å². The van der Waals surface area contributed by atoms with Gasteiger partial charge in [-0.15, -0.1) is 0 Å². The number of hydrogen-bond acceptors (Lipinski definition) is 2. The minimum Gasteiger partial charge on any atom is -0.383 e. The van der Waals surface area contributed by atoms with E-state index in [2.05, 4.69) is 20.9 Å². The van der Waals surface area contributed by atoms with Gasteiger partial charge in [-0.25, -0.2) is 13.8 Å². The SMILES string of the molecule is Nc1c(-c2cc(F)cc(F)c2)nc2c(Br)cccn12. The molecule has 0 saturated heterocycles. The third-order valence-corrected chi connectivity index (χ3v) is 3.39. The van der Waals surface area contributed by atoms with Crippen LogP contribution in [-0.4, -0.2) is 9.38 Å². The lowest BCUT2D eigenvalue weighted by molar-refractivity contribution is 0.584. The molecule has 0 saturated carbocycles. The molecule has 0 atom stereocenters. The molecule has 6 heteroatoms. The van der Waals surface area contributed by atoms with Gasteiger partial charge >= 0.3 is 0 Å². The van der Waals surface area contributed by atoms with Gasteiger partial charge < -0.3 is 5.73 Å². The van der Waals surface area contributed by atoms with Crippen LogP contribution in [0.1, 0.15) is 0 Å². The molecule has 3 rings (SSSR count). The zero-order valence-corrected chi connectivity index (χ0v) is 11.2. The molecule has 0 fully saturated rings. The van der Waals surface area contributed by atoms with E-state index in [1.807, 2.05) is 6.07 Å². The van der Waals surface area contributed by atoms with Crippen LogP contribution in [0.3, 0.4) is 0 Å². The molecule has 0 unspecified atom stereocenters. The topological polar surface area (TPSA) is 43.3 Å². The van der Waals surface area contributed by atoms with Crippen molar-refractivity contribution in [2.24, 2.45) is 0 Å². The lowest BCUT2D eigenvalue weighted by Crippen LogP contribution is -1.94. The number of nitrogen functional groups attached to an aromatic ring is 1. The van der Waals surface area contributed by atoms with Crippen LogP contribution in [0.25, 0.3) is 16.9 Å². The van der Waals surface area contributed by atoms with E-state index in [1.54, 1.807) is 16.7 Å². The fourth-order valence-corrected chi connectivity index (χ4v) is 2.39. The van der Waals surface area contributed by atoms with Gasteiger partial charge in [0.2, 0.25) is 0 Å². The van der Waals surface area contributed by atoms with Crippen molar-refractivity contribution in [2.45, 2.75) is 0 Å². The Bertz CT molecular complexity index is 763. The molecule has 2 aromatic heterocycles. The number of anilines is 1. The summed E-state index contributed by atoms with van der Waals surface area (Å²) in [6, 6.07) is 6.83. The Balaban J connectivity index is 2.31. The number of rotatable bonds is 1. The summed E-state index contributed by atoms with van der Waals surface area (Å²) >= 11 is 3.36. The first kappa shape index (κ1) is 12.1. The molecular formula is C13H8BrF2N3. The number of benzene rings is 1. The van der Waals surface area contributed by atoms with E-state index in [4.69, 9.17) is 5.73 Å². The van der Waals surface area contributed by atoms with Gasteiger partial charge in [-0.05, 0) is 40.2 Å². The Labute approximate surface area is 115 Å². The van der Waals surface area contributed by atoms with Crippen molar-refractivity contribution in [3.8, 4) is 11.3 Å². The highest BCUT2D eigenvalue weighted by molar-refractivity contribution is 9.10. The summed E-state index contributed by atoms with van der Waals surface area (Å²) in [6.07, 6.45) is 1.74. The van der Waals surface area contributed by atoms with Crippen molar-refractivity contribution in [1.29, 1.82) is 0 Å². The van der Waals surface area contributed by atoms with E-state index in [1.165, 1.54) is 12.1 Å². The molecule has 3 aromatic rings. The number of nitrogens with two attached hydrogens (primary N) is 1. The average molecular weight is 324 g/mol. The molecule has 0 spiro atoms. The molecule has 3 nitrogen and oxygen atoms in total. The molecule has 2 N–H and O–H groups in total. The molecule has 0 aliphatic rings. The maximum absolute atomic E-state index is 13.3. The van der Waals surface area contributed by atoms with Gasteiger partial charge in [0.25, 0.3) is 0 Å². The summed E-state index contributed by atoms with van der Waals surface area (Å²) in [4.78, 5) is 4.32. The summed E-state index contributed by atoms with van der Waals surface area (Å²) in [7, 11) is 0. The second-order valence-electron chi connectivity index (χ2n) is 4.05. The fourth-order valence-electron chi connectivity index (χ4n) is 1.96. The van der Waals surface area contributed by atoms with Crippen molar-refractivity contribution in [1.82, 2.24) is 9.38 Å². The van der Waals surface area contributed by atoms with E-state index < -0.39 is 11.6 Å². The lowest BCUT2D eigenvalue weighted by atomic mass is 10.1. The zero-order valence-electron chi connectivity index (χ0n) is 9.57. The summed E-state index contributed by atoms with van der Waals surface area (Å²) in [5.74, 6) is -0.989. The van der Waals surface area contributed by atoms with Gasteiger partial charge in [0.05, 0.1) is 4.47 Å². The minimum absolute atomic E-state index is 0.311. The van der Waals surface area contributed by atoms with Crippen LogP contribution in [0, 0.1) is 11.6 Å². The standard InChI is InChI=1S/C13H8BrF2N3/c14-10-2-1-3-19-12(17)11(18-13(10)19)7-4-8(15)6-9(16)5-7/h1-6H,17H2. The second kappa shape index (κ2) is 4.31. The largest absolute Gasteiger partial charge is 0.383 e. The first-order chi connectivity index (χ1) is 9.06. The van der Waals surface area contributed by atoms with Gasteiger partial charge in [-0.1, -0.05) is 0 Å². The van der Waals surface area contributed by atoms with E-state index in [-0.39, 0.29) is 0 Å². The summed E-state index contributed by atoms with van der Waals surface area (Å²) < 4.78 is 28.9. The van der Waals surface area contributed by atoms with E-state index in [9.17, 15) is 8.78 Å². The highest BCUT2D eigenvalue weighted by atomic mass is 79.9. The Morgan fingerprint density at radius 1 is 1.16 bits per heavy atom. The molecule has 0 aliphatic heterocycles. The van der Waals surface area contributed by atoms with Gasteiger partial charge in [-0.3, -0.25) is 4.40 Å². The molecule has 0 aliphatic carbocycles. The van der Waals surface area contributed by atoms with Crippen LogP contribution in [0.15, 0.2) is 41.0 Å². The molecule has 19 heavy (non-hydrogen) atoms. The van der Waals surface area contributed by atoms with E-state index in [0.717, 1.165) is 10.5 Å². The minimum atomic E-state index is -0.662. The first-order valence-corrected chi connectivity index (χ1v) is 6.24. The average Bonchev–Trinajstić information content (AvgIpc) is 2.68. The van der Waals surface area contributed by atoms with Crippen molar-refractivity contribution in [2.75, 3.05) is 5.73 Å².